The zero-order valence-electron chi connectivity index (χ0n) is 12.9. The van der Waals surface area contributed by atoms with Crippen LogP contribution < -0.4 is 5.73 Å². The molecule has 0 aliphatic rings. The van der Waals surface area contributed by atoms with Crippen LogP contribution in [0.1, 0.15) is 51.9 Å². The van der Waals surface area contributed by atoms with Gasteiger partial charge < -0.3 is 15.9 Å². The number of ether oxygens (including phenoxy) is 1. The Hall–Kier alpha value is -1.16. The van der Waals surface area contributed by atoms with Crippen LogP contribution in [0.3, 0.4) is 0 Å². The molecule has 0 aliphatic heterocycles. The van der Waals surface area contributed by atoms with Crippen LogP contribution in [-0.4, -0.2) is 25.3 Å². The molecule has 4 nitrogen and oxygen atoms in total. The Balaban J connectivity index is 3.99. The van der Waals surface area contributed by atoms with Crippen molar-refractivity contribution in [3.63, 3.8) is 0 Å². The second-order valence-corrected chi connectivity index (χ2v) is 5.42. The highest BCUT2D eigenvalue weighted by atomic mass is 16.5. The monoisotopic (exact) mass is 282 g/mol. The second kappa shape index (κ2) is 11.6. The van der Waals surface area contributed by atoms with Gasteiger partial charge >= 0.3 is 5.97 Å². The van der Waals surface area contributed by atoms with Crippen molar-refractivity contribution in [2.75, 3.05) is 7.11 Å². The Labute approximate surface area is 123 Å². The van der Waals surface area contributed by atoms with E-state index in [0.29, 0.717) is 12.3 Å². The van der Waals surface area contributed by atoms with Crippen LogP contribution in [-0.2, 0) is 9.53 Å². The lowest BCUT2D eigenvalue weighted by Gasteiger charge is -2.17. The molecule has 0 fully saturated rings. The van der Waals surface area contributed by atoms with Gasteiger partial charge in [0.2, 0.25) is 0 Å². The van der Waals surface area contributed by atoms with Gasteiger partial charge in [0.15, 0.2) is 0 Å². The number of hydrogen-bond donors (Lipinski definition) is 2. The molecule has 4 heteroatoms. The molecule has 0 aliphatic carbocycles. The standard InChI is InChI=1S/C16H30N2O2/c1-4-7-13(5-2)8-6-9-14(12-17)10-15(18)11-16(19)20-3/h5,12-15,17H,2,4,6-11,18H2,1,3H3/t13-,14+,15+/m1/s1. The van der Waals surface area contributed by atoms with Gasteiger partial charge in [0.1, 0.15) is 0 Å². The summed E-state index contributed by atoms with van der Waals surface area (Å²) in [4.78, 5) is 11.1. The fraction of sp³-hybridized carbons (Fsp3) is 0.750. The van der Waals surface area contributed by atoms with E-state index in [9.17, 15) is 4.79 Å². The van der Waals surface area contributed by atoms with Crippen LogP contribution in [0.5, 0.6) is 0 Å². The molecule has 0 amide bonds. The van der Waals surface area contributed by atoms with Gasteiger partial charge in [-0.15, -0.1) is 6.58 Å². The second-order valence-electron chi connectivity index (χ2n) is 5.42. The van der Waals surface area contributed by atoms with E-state index in [1.807, 2.05) is 6.08 Å². The average molecular weight is 282 g/mol. The first-order valence-corrected chi connectivity index (χ1v) is 7.52. The molecule has 0 saturated carbocycles. The molecule has 0 aromatic carbocycles. The Morgan fingerprint density at radius 3 is 2.50 bits per heavy atom. The largest absolute Gasteiger partial charge is 0.469 e. The zero-order valence-corrected chi connectivity index (χ0v) is 12.9. The molecule has 20 heavy (non-hydrogen) atoms. The molecule has 3 atom stereocenters. The summed E-state index contributed by atoms with van der Waals surface area (Å²) in [5, 5.41) is 7.48. The van der Waals surface area contributed by atoms with E-state index >= 15 is 0 Å². The maximum absolute atomic E-state index is 11.1. The normalized spacial score (nSPS) is 15.2. The van der Waals surface area contributed by atoms with E-state index in [1.165, 1.54) is 26.2 Å². The van der Waals surface area contributed by atoms with Crippen LogP contribution in [0, 0.1) is 17.2 Å². The first kappa shape index (κ1) is 18.8. The SMILES string of the molecule is C=C[C@H](CCC)CCC[C@H](C=N)C[C@H](N)CC(=O)OC. The van der Waals surface area contributed by atoms with Crippen LogP contribution in [0.25, 0.3) is 0 Å². The Morgan fingerprint density at radius 2 is 2.00 bits per heavy atom. The molecular formula is C16H30N2O2. The van der Waals surface area contributed by atoms with Crippen LogP contribution in [0.15, 0.2) is 12.7 Å². The Bertz CT molecular complexity index is 292. The average Bonchev–Trinajstić information content (AvgIpc) is 2.44. The van der Waals surface area contributed by atoms with E-state index < -0.39 is 0 Å². The topological polar surface area (TPSA) is 76.2 Å². The van der Waals surface area contributed by atoms with Crippen molar-refractivity contribution in [1.82, 2.24) is 0 Å². The van der Waals surface area contributed by atoms with E-state index in [1.54, 1.807) is 0 Å². The number of nitrogens with one attached hydrogen (secondary N) is 1. The van der Waals surface area contributed by atoms with E-state index in [0.717, 1.165) is 19.3 Å². The van der Waals surface area contributed by atoms with Crippen molar-refractivity contribution in [3.8, 4) is 0 Å². The molecule has 0 radical (unpaired) electrons. The molecule has 0 saturated heterocycles. The molecule has 0 heterocycles. The molecule has 0 aromatic heterocycles. The molecule has 0 bridgehead atoms. The highest BCUT2D eigenvalue weighted by Crippen LogP contribution is 2.20. The number of carbonyl (C=O) groups is 1. The number of allylic oxidation sites excluding steroid dienone is 1. The van der Waals surface area contributed by atoms with Gasteiger partial charge in [0.25, 0.3) is 0 Å². The van der Waals surface area contributed by atoms with Crippen LogP contribution >= 0.6 is 0 Å². The smallest absolute Gasteiger partial charge is 0.307 e. The molecule has 116 valence electrons. The summed E-state index contributed by atoms with van der Waals surface area (Å²) in [5.41, 5.74) is 5.91. The Morgan fingerprint density at radius 1 is 1.35 bits per heavy atom. The Kier molecular flexibility index (Phi) is 11.0. The number of methoxy groups -OCH3 is 1. The quantitative estimate of drug-likeness (QED) is 0.327. The number of rotatable bonds is 12. The fourth-order valence-electron chi connectivity index (χ4n) is 2.43. The fourth-order valence-corrected chi connectivity index (χ4v) is 2.43. The van der Waals surface area contributed by atoms with Gasteiger partial charge in [-0.1, -0.05) is 25.8 Å². The van der Waals surface area contributed by atoms with E-state index in [4.69, 9.17) is 11.1 Å². The summed E-state index contributed by atoms with van der Waals surface area (Å²) < 4.78 is 4.60. The predicted molar refractivity (Wildman–Crippen MR) is 83.9 cm³/mol. The number of carbonyl (C=O) groups excluding carboxylic acids is 1. The number of hydrogen-bond acceptors (Lipinski definition) is 4. The van der Waals surface area contributed by atoms with Gasteiger partial charge in [0.05, 0.1) is 13.5 Å². The predicted octanol–water partition coefficient (Wildman–Crippen LogP) is 3.31. The molecule has 0 rings (SSSR count). The van der Waals surface area contributed by atoms with Crippen LogP contribution in [0.4, 0.5) is 0 Å². The molecule has 0 unspecified atom stereocenters. The summed E-state index contributed by atoms with van der Waals surface area (Å²) in [6.45, 7) is 6.06. The third kappa shape index (κ3) is 8.86. The zero-order chi connectivity index (χ0) is 15.4. The lowest BCUT2D eigenvalue weighted by molar-refractivity contribution is -0.141. The third-order valence-corrected chi connectivity index (χ3v) is 3.64. The summed E-state index contributed by atoms with van der Waals surface area (Å²) in [7, 11) is 1.37. The van der Waals surface area contributed by atoms with Gasteiger partial charge in [-0.2, -0.15) is 0 Å². The maximum Gasteiger partial charge on any atom is 0.307 e. The summed E-state index contributed by atoms with van der Waals surface area (Å²) in [6.07, 6.45) is 9.89. The summed E-state index contributed by atoms with van der Waals surface area (Å²) in [6, 6.07) is -0.222. The number of nitrogens with two attached hydrogens (primary N) is 1. The van der Waals surface area contributed by atoms with Crippen molar-refractivity contribution in [3.05, 3.63) is 12.7 Å². The van der Waals surface area contributed by atoms with E-state index in [-0.39, 0.29) is 24.3 Å². The molecule has 0 spiro atoms. The van der Waals surface area contributed by atoms with Gasteiger partial charge in [-0.05, 0) is 43.7 Å². The minimum atomic E-state index is -0.282. The summed E-state index contributed by atoms with van der Waals surface area (Å²) >= 11 is 0. The first-order valence-electron chi connectivity index (χ1n) is 7.52. The van der Waals surface area contributed by atoms with Crippen LogP contribution in [0.2, 0.25) is 0 Å². The lowest BCUT2D eigenvalue weighted by Crippen LogP contribution is -2.27. The van der Waals surface area contributed by atoms with Gasteiger partial charge in [-0.3, -0.25) is 4.79 Å². The molecular weight excluding hydrogens is 252 g/mol. The molecule has 3 N–H and O–H groups in total. The van der Waals surface area contributed by atoms with E-state index in [2.05, 4.69) is 18.2 Å². The first-order chi connectivity index (χ1) is 9.57. The van der Waals surface area contributed by atoms with Gasteiger partial charge in [0, 0.05) is 6.04 Å². The number of esters is 1. The minimum absolute atomic E-state index is 0.154. The maximum atomic E-state index is 11.1. The third-order valence-electron chi connectivity index (χ3n) is 3.64. The van der Waals surface area contributed by atoms with Crippen molar-refractivity contribution in [1.29, 1.82) is 5.41 Å². The van der Waals surface area contributed by atoms with Gasteiger partial charge in [-0.25, -0.2) is 0 Å². The van der Waals surface area contributed by atoms with Crippen molar-refractivity contribution in [2.24, 2.45) is 17.6 Å². The molecule has 0 aromatic rings. The van der Waals surface area contributed by atoms with Crippen molar-refractivity contribution < 1.29 is 9.53 Å². The van der Waals surface area contributed by atoms with Crippen molar-refractivity contribution >= 4 is 12.2 Å². The summed E-state index contributed by atoms with van der Waals surface area (Å²) in [5.74, 6) is 0.452. The highest BCUT2D eigenvalue weighted by Gasteiger charge is 2.15. The lowest BCUT2D eigenvalue weighted by atomic mass is 9.90. The highest BCUT2D eigenvalue weighted by molar-refractivity contribution is 5.70. The minimum Gasteiger partial charge on any atom is -0.469 e. The van der Waals surface area contributed by atoms with Crippen molar-refractivity contribution in [2.45, 2.75) is 57.9 Å².